The molecule has 0 aromatic carbocycles. The number of carbonyl (C=O) groups excluding carboxylic acids is 1. The Morgan fingerprint density at radius 2 is 1.83 bits per heavy atom. The number of nitrogens with zero attached hydrogens (tertiary/aromatic N) is 2. The molecule has 0 amide bonds. The van der Waals surface area contributed by atoms with Crippen molar-refractivity contribution < 1.29 is 14.3 Å². The molecule has 92 valence electrons. The predicted molar refractivity (Wildman–Crippen MR) is 65.4 cm³/mol. The van der Waals surface area contributed by atoms with Crippen molar-refractivity contribution >= 4 is 5.97 Å². The molecule has 0 aliphatic heterocycles. The summed E-state index contributed by atoms with van der Waals surface area (Å²) in [6.45, 7) is 0. The van der Waals surface area contributed by atoms with E-state index in [1.807, 2.05) is 12.1 Å². The third-order valence-electron chi connectivity index (χ3n) is 2.44. The van der Waals surface area contributed by atoms with Gasteiger partial charge in [0.1, 0.15) is 0 Å². The van der Waals surface area contributed by atoms with Crippen molar-refractivity contribution in [3.63, 3.8) is 0 Å². The number of methoxy groups -OCH3 is 2. The molecule has 0 unspecified atom stereocenters. The molecule has 2 aromatic heterocycles. The molecule has 0 N–H and O–H groups in total. The SMILES string of the molecule is COC(=O)c1ccc(-c2ccncc2)c(OC)n1. The van der Waals surface area contributed by atoms with Gasteiger partial charge in [-0.2, -0.15) is 0 Å². The molecule has 0 aliphatic rings. The van der Waals surface area contributed by atoms with Gasteiger partial charge in [-0.25, -0.2) is 9.78 Å². The highest BCUT2D eigenvalue weighted by molar-refractivity contribution is 5.88. The highest BCUT2D eigenvalue weighted by Gasteiger charge is 2.13. The van der Waals surface area contributed by atoms with Crippen LogP contribution >= 0.6 is 0 Å². The quantitative estimate of drug-likeness (QED) is 0.772. The number of esters is 1. The third-order valence-corrected chi connectivity index (χ3v) is 2.44. The molecule has 0 bridgehead atoms. The highest BCUT2D eigenvalue weighted by atomic mass is 16.5. The van der Waals surface area contributed by atoms with Crippen LogP contribution in [0.1, 0.15) is 10.5 Å². The number of carbonyl (C=O) groups is 1. The maximum atomic E-state index is 11.4. The molecule has 2 aromatic rings. The fourth-order valence-electron chi connectivity index (χ4n) is 1.57. The molecule has 18 heavy (non-hydrogen) atoms. The van der Waals surface area contributed by atoms with Gasteiger partial charge in [-0.1, -0.05) is 0 Å². The first-order valence-corrected chi connectivity index (χ1v) is 5.30. The minimum atomic E-state index is -0.491. The summed E-state index contributed by atoms with van der Waals surface area (Å²) in [6, 6.07) is 7.06. The van der Waals surface area contributed by atoms with Crippen molar-refractivity contribution in [1.29, 1.82) is 0 Å². The van der Waals surface area contributed by atoms with E-state index in [0.717, 1.165) is 11.1 Å². The topological polar surface area (TPSA) is 61.3 Å². The second kappa shape index (κ2) is 5.27. The minimum Gasteiger partial charge on any atom is -0.481 e. The number of rotatable bonds is 3. The van der Waals surface area contributed by atoms with Crippen molar-refractivity contribution in [2.75, 3.05) is 14.2 Å². The van der Waals surface area contributed by atoms with Crippen LogP contribution in [0.2, 0.25) is 0 Å². The largest absolute Gasteiger partial charge is 0.481 e. The van der Waals surface area contributed by atoms with Crippen molar-refractivity contribution in [2.45, 2.75) is 0 Å². The molecule has 0 aliphatic carbocycles. The van der Waals surface area contributed by atoms with Gasteiger partial charge in [-0.15, -0.1) is 0 Å². The summed E-state index contributed by atoms with van der Waals surface area (Å²) in [5.41, 5.74) is 1.94. The maximum Gasteiger partial charge on any atom is 0.356 e. The van der Waals surface area contributed by atoms with Gasteiger partial charge in [0.25, 0.3) is 0 Å². The Morgan fingerprint density at radius 3 is 2.44 bits per heavy atom. The first-order chi connectivity index (χ1) is 8.76. The van der Waals surface area contributed by atoms with Gasteiger partial charge in [-0.05, 0) is 29.8 Å². The molecule has 2 rings (SSSR count). The summed E-state index contributed by atoms with van der Waals surface area (Å²) >= 11 is 0. The third kappa shape index (κ3) is 2.29. The molecular formula is C13H12N2O3. The van der Waals surface area contributed by atoms with Gasteiger partial charge in [0.15, 0.2) is 5.69 Å². The summed E-state index contributed by atoms with van der Waals surface area (Å²) in [4.78, 5) is 19.5. The second-order valence-electron chi connectivity index (χ2n) is 3.48. The highest BCUT2D eigenvalue weighted by Crippen LogP contribution is 2.27. The van der Waals surface area contributed by atoms with Gasteiger partial charge >= 0.3 is 5.97 Å². The average Bonchev–Trinajstić information content (AvgIpc) is 2.46. The molecule has 0 saturated carbocycles. The summed E-state index contributed by atoms with van der Waals surface area (Å²) in [6.07, 6.45) is 3.37. The van der Waals surface area contributed by atoms with Crippen molar-refractivity contribution in [1.82, 2.24) is 9.97 Å². The monoisotopic (exact) mass is 244 g/mol. The maximum absolute atomic E-state index is 11.4. The van der Waals surface area contributed by atoms with Gasteiger partial charge in [0, 0.05) is 18.0 Å². The molecule has 0 saturated heterocycles. The molecule has 0 radical (unpaired) electrons. The standard InChI is InChI=1S/C13H12N2O3/c1-17-12-10(9-5-7-14-8-6-9)3-4-11(15-12)13(16)18-2/h3-8H,1-2H3. The lowest BCUT2D eigenvalue weighted by Crippen LogP contribution is -2.05. The minimum absolute atomic E-state index is 0.215. The Labute approximate surface area is 104 Å². The normalized spacial score (nSPS) is 9.89. The zero-order valence-corrected chi connectivity index (χ0v) is 10.1. The molecule has 2 heterocycles. The fourth-order valence-corrected chi connectivity index (χ4v) is 1.57. The van der Waals surface area contributed by atoms with Crippen LogP contribution in [0.25, 0.3) is 11.1 Å². The molecular weight excluding hydrogens is 232 g/mol. The van der Waals surface area contributed by atoms with Gasteiger partial charge in [0.2, 0.25) is 5.88 Å². The first-order valence-electron chi connectivity index (χ1n) is 5.30. The smallest absolute Gasteiger partial charge is 0.356 e. The van der Waals surface area contributed by atoms with Gasteiger partial charge in [-0.3, -0.25) is 4.98 Å². The van der Waals surface area contributed by atoms with Gasteiger partial charge in [0.05, 0.1) is 14.2 Å². The molecule has 5 heteroatoms. The molecule has 0 spiro atoms. The summed E-state index contributed by atoms with van der Waals surface area (Å²) in [5, 5.41) is 0. The van der Waals surface area contributed by atoms with Crippen LogP contribution in [-0.2, 0) is 4.74 Å². The Hall–Kier alpha value is -2.43. The summed E-state index contributed by atoms with van der Waals surface area (Å²) < 4.78 is 9.81. The zero-order valence-electron chi connectivity index (χ0n) is 10.1. The van der Waals surface area contributed by atoms with E-state index in [1.165, 1.54) is 14.2 Å². The van der Waals surface area contributed by atoms with Crippen molar-refractivity contribution in [3.05, 3.63) is 42.4 Å². The Kier molecular flexibility index (Phi) is 3.52. The van der Waals surface area contributed by atoms with E-state index in [0.29, 0.717) is 5.88 Å². The number of hydrogen-bond donors (Lipinski definition) is 0. The molecule has 0 atom stereocenters. The van der Waals surface area contributed by atoms with Crippen LogP contribution in [0.4, 0.5) is 0 Å². The lowest BCUT2D eigenvalue weighted by molar-refractivity contribution is 0.0593. The van der Waals surface area contributed by atoms with Crippen LogP contribution in [0, 0.1) is 0 Å². The molecule has 5 nitrogen and oxygen atoms in total. The van der Waals surface area contributed by atoms with Crippen LogP contribution in [-0.4, -0.2) is 30.2 Å². The van der Waals surface area contributed by atoms with E-state index in [4.69, 9.17) is 4.74 Å². The lowest BCUT2D eigenvalue weighted by atomic mass is 10.1. The molecule has 0 fully saturated rings. The van der Waals surface area contributed by atoms with E-state index < -0.39 is 5.97 Å². The fraction of sp³-hybridized carbons (Fsp3) is 0.154. The van der Waals surface area contributed by atoms with E-state index in [-0.39, 0.29) is 5.69 Å². The number of aromatic nitrogens is 2. The van der Waals surface area contributed by atoms with E-state index in [9.17, 15) is 4.79 Å². The van der Waals surface area contributed by atoms with E-state index in [1.54, 1.807) is 24.5 Å². The van der Waals surface area contributed by atoms with E-state index in [2.05, 4.69) is 14.7 Å². The predicted octanol–water partition coefficient (Wildman–Crippen LogP) is 1.94. The van der Waals surface area contributed by atoms with E-state index >= 15 is 0 Å². The Balaban J connectivity index is 2.47. The number of pyridine rings is 2. The van der Waals surface area contributed by atoms with Crippen molar-refractivity contribution in [2.24, 2.45) is 0 Å². The number of ether oxygens (including phenoxy) is 2. The van der Waals surface area contributed by atoms with Gasteiger partial charge < -0.3 is 9.47 Å². The average molecular weight is 244 g/mol. The summed E-state index contributed by atoms with van der Waals surface area (Å²) in [7, 11) is 2.82. The zero-order chi connectivity index (χ0) is 13.0. The van der Waals surface area contributed by atoms with Crippen molar-refractivity contribution in [3.8, 4) is 17.0 Å². The number of hydrogen-bond acceptors (Lipinski definition) is 5. The lowest BCUT2D eigenvalue weighted by Gasteiger charge is -2.08. The van der Waals surface area contributed by atoms with Crippen LogP contribution in [0.5, 0.6) is 5.88 Å². The van der Waals surface area contributed by atoms with Crippen LogP contribution in [0.15, 0.2) is 36.7 Å². The second-order valence-corrected chi connectivity index (χ2v) is 3.48. The Bertz CT molecular complexity index is 555. The van der Waals surface area contributed by atoms with Crippen LogP contribution in [0.3, 0.4) is 0 Å². The first kappa shape index (κ1) is 12.0. The Morgan fingerprint density at radius 1 is 1.11 bits per heavy atom. The summed E-state index contributed by atoms with van der Waals surface area (Å²) in [5.74, 6) is -0.112. The van der Waals surface area contributed by atoms with Crippen LogP contribution < -0.4 is 4.74 Å².